The highest BCUT2D eigenvalue weighted by Crippen LogP contribution is 2.16. The molecule has 0 saturated heterocycles. The van der Waals surface area contributed by atoms with Crippen LogP contribution in [0.15, 0.2) is 30.5 Å². The van der Waals surface area contributed by atoms with Crippen molar-refractivity contribution in [1.82, 2.24) is 15.0 Å². The summed E-state index contributed by atoms with van der Waals surface area (Å²) in [5.41, 5.74) is 3.42. The van der Waals surface area contributed by atoms with Gasteiger partial charge in [0.25, 0.3) is 0 Å². The fraction of sp³-hybridized carbons (Fsp3) is 0.467. The fourth-order valence-corrected chi connectivity index (χ4v) is 2.22. The molecule has 2 atom stereocenters. The van der Waals surface area contributed by atoms with Crippen LogP contribution in [0.25, 0.3) is 0 Å². The molecule has 1 aromatic carbocycles. The number of aliphatic hydroxyl groups is 1. The van der Waals surface area contributed by atoms with Crippen LogP contribution in [-0.4, -0.2) is 26.2 Å². The molecular formula is C15H21N3O. The molecule has 0 bridgehead atoms. The van der Waals surface area contributed by atoms with Gasteiger partial charge in [0, 0.05) is 12.6 Å². The Morgan fingerprint density at radius 3 is 2.53 bits per heavy atom. The molecule has 0 aliphatic heterocycles. The van der Waals surface area contributed by atoms with E-state index in [0.717, 1.165) is 18.5 Å². The van der Waals surface area contributed by atoms with Crippen molar-refractivity contribution in [2.45, 2.75) is 45.8 Å². The summed E-state index contributed by atoms with van der Waals surface area (Å²) >= 11 is 0. The van der Waals surface area contributed by atoms with Crippen LogP contribution < -0.4 is 0 Å². The van der Waals surface area contributed by atoms with Gasteiger partial charge in [-0.25, -0.2) is 4.68 Å². The van der Waals surface area contributed by atoms with E-state index in [0.29, 0.717) is 0 Å². The molecule has 0 amide bonds. The van der Waals surface area contributed by atoms with Gasteiger partial charge in [-0.3, -0.25) is 0 Å². The van der Waals surface area contributed by atoms with Crippen LogP contribution in [0.2, 0.25) is 0 Å². The maximum Gasteiger partial charge on any atom is 0.0871 e. The molecule has 0 unspecified atom stereocenters. The van der Waals surface area contributed by atoms with Gasteiger partial charge >= 0.3 is 0 Å². The average molecular weight is 259 g/mol. The Labute approximate surface area is 114 Å². The van der Waals surface area contributed by atoms with Crippen LogP contribution in [0.1, 0.15) is 43.1 Å². The second-order valence-corrected chi connectivity index (χ2v) is 5.07. The highest BCUT2D eigenvalue weighted by atomic mass is 16.3. The quantitative estimate of drug-likeness (QED) is 0.897. The molecule has 19 heavy (non-hydrogen) atoms. The van der Waals surface area contributed by atoms with Gasteiger partial charge in [0.1, 0.15) is 0 Å². The first kappa shape index (κ1) is 13.7. The molecule has 2 aromatic rings. The van der Waals surface area contributed by atoms with Gasteiger partial charge in [-0.15, -0.1) is 5.10 Å². The zero-order valence-electron chi connectivity index (χ0n) is 11.7. The van der Waals surface area contributed by atoms with Crippen molar-refractivity contribution >= 4 is 0 Å². The minimum atomic E-state index is -0.418. The average Bonchev–Trinajstić information content (AvgIpc) is 2.81. The van der Waals surface area contributed by atoms with Gasteiger partial charge in [-0.05, 0) is 25.8 Å². The zero-order chi connectivity index (χ0) is 13.8. The lowest BCUT2D eigenvalue weighted by Crippen LogP contribution is -2.21. The lowest BCUT2D eigenvalue weighted by molar-refractivity contribution is 0.119. The van der Waals surface area contributed by atoms with Crippen LogP contribution in [0.4, 0.5) is 0 Å². The molecule has 4 nitrogen and oxygen atoms in total. The maximum atomic E-state index is 9.71. The summed E-state index contributed by atoms with van der Waals surface area (Å²) in [5.74, 6) is 0. The first-order valence-corrected chi connectivity index (χ1v) is 6.74. The predicted octanol–water partition coefficient (Wildman–Crippen LogP) is 2.51. The van der Waals surface area contributed by atoms with Gasteiger partial charge in [-0.2, -0.15) is 0 Å². The van der Waals surface area contributed by atoms with Crippen molar-refractivity contribution in [2.24, 2.45) is 0 Å². The Hall–Kier alpha value is -1.68. The fourth-order valence-electron chi connectivity index (χ4n) is 2.22. The van der Waals surface area contributed by atoms with E-state index >= 15 is 0 Å². The third-order valence-electron chi connectivity index (χ3n) is 3.38. The van der Waals surface area contributed by atoms with Crippen molar-refractivity contribution in [1.29, 1.82) is 0 Å². The largest absolute Gasteiger partial charge is 0.391 e. The van der Waals surface area contributed by atoms with Crippen LogP contribution in [0, 0.1) is 6.92 Å². The van der Waals surface area contributed by atoms with E-state index in [4.69, 9.17) is 0 Å². The third-order valence-corrected chi connectivity index (χ3v) is 3.38. The molecule has 1 N–H and O–H groups in total. The molecule has 102 valence electrons. The summed E-state index contributed by atoms with van der Waals surface area (Å²) in [6.07, 6.45) is 3.13. The van der Waals surface area contributed by atoms with E-state index in [9.17, 15) is 5.11 Å². The number of rotatable bonds is 5. The Morgan fingerprint density at radius 1 is 1.26 bits per heavy atom. The monoisotopic (exact) mass is 259 g/mol. The van der Waals surface area contributed by atoms with Crippen molar-refractivity contribution in [2.75, 3.05) is 0 Å². The van der Waals surface area contributed by atoms with E-state index < -0.39 is 6.10 Å². The molecule has 0 aliphatic carbocycles. The van der Waals surface area contributed by atoms with Crippen LogP contribution in [0.5, 0.6) is 0 Å². The van der Waals surface area contributed by atoms with Crippen molar-refractivity contribution in [3.63, 3.8) is 0 Å². The second-order valence-electron chi connectivity index (χ2n) is 5.07. The molecule has 0 fully saturated rings. The van der Waals surface area contributed by atoms with Crippen molar-refractivity contribution < 1.29 is 5.11 Å². The van der Waals surface area contributed by atoms with E-state index in [1.165, 1.54) is 11.1 Å². The Balaban J connectivity index is 2.10. The van der Waals surface area contributed by atoms with E-state index in [2.05, 4.69) is 41.5 Å². The van der Waals surface area contributed by atoms with Gasteiger partial charge in [0.05, 0.1) is 17.8 Å². The van der Waals surface area contributed by atoms with E-state index in [1.807, 2.05) is 13.1 Å². The highest BCUT2D eigenvalue weighted by Gasteiger charge is 2.16. The molecular weight excluding hydrogens is 238 g/mol. The number of hydrogen-bond donors (Lipinski definition) is 1. The number of aryl methyl sites for hydroxylation is 1. The Morgan fingerprint density at radius 2 is 1.95 bits per heavy atom. The molecule has 1 heterocycles. The first-order valence-electron chi connectivity index (χ1n) is 6.74. The van der Waals surface area contributed by atoms with Crippen molar-refractivity contribution in [3.05, 3.63) is 47.3 Å². The number of nitrogens with zero attached hydrogens (tertiary/aromatic N) is 3. The SMILES string of the molecule is CC[C@@H]([C@@H](C)O)n1cc(Cc2ccc(C)cc2)nn1. The van der Waals surface area contributed by atoms with Crippen LogP contribution in [0.3, 0.4) is 0 Å². The van der Waals surface area contributed by atoms with E-state index in [-0.39, 0.29) is 6.04 Å². The summed E-state index contributed by atoms with van der Waals surface area (Å²) in [6.45, 7) is 5.91. The number of hydrogen-bond acceptors (Lipinski definition) is 3. The number of aromatic nitrogens is 3. The van der Waals surface area contributed by atoms with Gasteiger partial charge < -0.3 is 5.11 Å². The lowest BCUT2D eigenvalue weighted by Gasteiger charge is -2.17. The number of aliphatic hydroxyl groups excluding tert-OH is 1. The normalized spacial score (nSPS) is 14.3. The molecule has 1 aromatic heterocycles. The van der Waals surface area contributed by atoms with Crippen molar-refractivity contribution in [3.8, 4) is 0 Å². The third kappa shape index (κ3) is 3.41. The molecule has 2 rings (SSSR count). The van der Waals surface area contributed by atoms with Crippen LogP contribution >= 0.6 is 0 Å². The summed E-state index contributed by atoms with van der Waals surface area (Å²) in [5, 5.41) is 18.0. The smallest absolute Gasteiger partial charge is 0.0871 e. The topological polar surface area (TPSA) is 50.9 Å². The Bertz CT molecular complexity index is 516. The van der Waals surface area contributed by atoms with E-state index in [1.54, 1.807) is 11.6 Å². The minimum Gasteiger partial charge on any atom is -0.391 e. The molecule has 0 spiro atoms. The zero-order valence-corrected chi connectivity index (χ0v) is 11.7. The predicted molar refractivity (Wildman–Crippen MR) is 75.0 cm³/mol. The highest BCUT2D eigenvalue weighted by molar-refractivity contribution is 5.24. The molecule has 0 radical (unpaired) electrons. The van der Waals surface area contributed by atoms with Gasteiger partial charge in [-0.1, -0.05) is 42.0 Å². The van der Waals surface area contributed by atoms with Gasteiger partial charge in [0.15, 0.2) is 0 Å². The lowest BCUT2D eigenvalue weighted by atomic mass is 10.1. The first-order chi connectivity index (χ1) is 9.10. The van der Waals surface area contributed by atoms with Crippen LogP contribution in [-0.2, 0) is 6.42 Å². The maximum absolute atomic E-state index is 9.71. The molecule has 0 aliphatic rings. The summed E-state index contributed by atoms with van der Waals surface area (Å²) in [4.78, 5) is 0. The molecule has 0 saturated carbocycles. The standard InChI is InChI=1S/C15H21N3O/c1-4-15(12(3)19)18-10-14(16-17-18)9-13-7-5-11(2)6-8-13/h5-8,10,12,15,19H,4,9H2,1-3H3/t12-,15+/m1/s1. The number of benzene rings is 1. The summed E-state index contributed by atoms with van der Waals surface area (Å²) in [6, 6.07) is 8.43. The van der Waals surface area contributed by atoms with Gasteiger partial charge in [0.2, 0.25) is 0 Å². The summed E-state index contributed by atoms with van der Waals surface area (Å²) < 4.78 is 1.77. The minimum absolute atomic E-state index is 0.000678. The Kier molecular flexibility index (Phi) is 4.32. The second kappa shape index (κ2) is 5.97. The summed E-state index contributed by atoms with van der Waals surface area (Å²) in [7, 11) is 0. The molecule has 4 heteroatoms.